The first-order chi connectivity index (χ1) is 13.7. The molecular formula is C20H19FN4O3. The van der Waals surface area contributed by atoms with Crippen molar-refractivity contribution in [2.75, 3.05) is 24.7 Å². The standard InChI is InChI=1S/C20H19FN4O3/c21-15-6-7-18-16(12-15)20(27-10-11-28-20)19(26)25(18)9-3-8-24-13-17(22-23-24)14-4-1-2-5-14/h1-2,4-7,12-14H,3,8-11H2. The highest BCUT2D eigenvalue weighted by molar-refractivity contribution is 6.06. The largest absolute Gasteiger partial charge is 0.336 e. The third kappa shape index (κ3) is 2.68. The molecule has 0 saturated carbocycles. The summed E-state index contributed by atoms with van der Waals surface area (Å²) in [6, 6.07) is 4.28. The Morgan fingerprint density at radius 2 is 1.96 bits per heavy atom. The quantitative estimate of drug-likeness (QED) is 0.794. The first-order valence-corrected chi connectivity index (χ1v) is 9.32. The summed E-state index contributed by atoms with van der Waals surface area (Å²) in [6.45, 7) is 1.68. The van der Waals surface area contributed by atoms with Crippen molar-refractivity contribution in [3.8, 4) is 0 Å². The van der Waals surface area contributed by atoms with Crippen molar-refractivity contribution in [1.82, 2.24) is 15.0 Å². The van der Waals surface area contributed by atoms with Crippen molar-refractivity contribution in [3.63, 3.8) is 0 Å². The van der Waals surface area contributed by atoms with Crippen molar-refractivity contribution in [1.29, 1.82) is 0 Å². The van der Waals surface area contributed by atoms with Crippen molar-refractivity contribution < 1.29 is 18.7 Å². The van der Waals surface area contributed by atoms with Crippen LogP contribution in [0.2, 0.25) is 0 Å². The number of anilines is 1. The number of carbonyl (C=O) groups excluding carboxylic acids is 1. The molecule has 0 N–H and O–H groups in total. The molecule has 3 aliphatic rings. The van der Waals surface area contributed by atoms with E-state index in [1.54, 1.807) is 15.6 Å². The predicted molar refractivity (Wildman–Crippen MR) is 98.0 cm³/mol. The number of benzene rings is 1. The topological polar surface area (TPSA) is 69.5 Å². The van der Waals surface area contributed by atoms with Gasteiger partial charge < -0.3 is 14.4 Å². The molecule has 0 atom stereocenters. The van der Waals surface area contributed by atoms with Gasteiger partial charge in [0, 0.05) is 30.8 Å². The highest BCUT2D eigenvalue weighted by Gasteiger charge is 2.56. The zero-order valence-electron chi connectivity index (χ0n) is 15.1. The number of allylic oxidation sites excluding steroid dienone is 4. The summed E-state index contributed by atoms with van der Waals surface area (Å²) >= 11 is 0. The van der Waals surface area contributed by atoms with Crippen LogP contribution in [0.5, 0.6) is 0 Å². The molecule has 1 fully saturated rings. The van der Waals surface area contributed by atoms with Crippen LogP contribution in [0, 0.1) is 5.82 Å². The van der Waals surface area contributed by atoms with E-state index < -0.39 is 11.6 Å². The van der Waals surface area contributed by atoms with Crippen molar-refractivity contribution in [3.05, 3.63) is 65.8 Å². The first kappa shape index (κ1) is 17.3. The number of fused-ring (bicyclic) bond motifs is 2. The van der Waals surface area contributed by atoms with E-state index >= 15 is 0 Å². The van der Waals surface area contributed by atoms with Crippen molar-refractivity contribution >= 4 is 11.6 Å². The van der Waals surface area contributed by atoms with Gasteiger partial charge in [0.1, 0.15) is 5.82 Å². The predicted octanol–water partition coefficient (Wildman–Crippen LogP) is 2.26. The van der Waals surface area contributed by atoms with E-state index in [1.807, 2.05) is 18.3 Å². The van der Waals surface area contributed by atoms with Crippen LogP contribution in [0.1, 0.15) is 23.6 Å². The van der Waals surface area contributed by atoms with E-state index in [4.69, 9.17) is 9.47 Å². The van der Waals surface area contributed by atoms with Crippen LogP contribution in [0.3, 0.4) is 0 Å². The van der Waals surface area contributed by atoms with Crippen LogP contribution in [-0.4, -0.2) is 40.7 Å². The molecule has 1 saturated heterocycles. The third-order valence-corrected chi connectivity index (χ3v) is 5.24. The Bertz CT molecular complexity index is 966. The molecule has 28 heavy (non-hydrogen) atoms. The molecule has 0 unspecified atom stereocenters. The van der Waals surface area contributed by atoms with Gasteiger partial charge in [0.2, 0.25) is 0 Å². The summed E-state index contributed by atoms with van der Waals surface area (Å²) in [4.78, 5) is 14.6. The Kier molecular flexibility index (Phi) is 4.10. The Hall–Kier alpha value is -2.84. The molecule has 1 aromatic heterocycles. The van der Waals surface area contributed by atoms with Crippen LogP contribution in [0.4, 0.5) is 10.1 Å². The summed E-state index contributed by atoms with van der Waals surface area (Å²) in [6.07, 6.45) is 10.7. The van der Waals surface area contributed by atoms with Crippen molar-refractivity contribution in [2.45, 2.75) is 24.7 Å². The Labute approximate surface area is 161 Å². The second-order valence-electron chi connectivity index (χ2n) is 6.99. The minimum absolute atomic E-state index is 0.173. The van der Waals surface area contributed by atoms with Gasteiger partial charge in [0.05, 0.1) is 24.6 Å². The first-order valence-electron chi connectivity index (χ1n) is 9.32. The number of carbonyl (C=O) groups is 1. The van der Waals surface area contributed by atoms with Gasteiger partial charge in [-0.2, -0.15) is 0 Å². The van der Waals surface area contributed by atoms with Gasteiger partial charge in [0.25, 0.3) is 11.7 Å². The van der Waals surface area contributed by atoms with E-state index in [0.29, 0.717) is 44.0 Å². The van der Waals surface area contributed by atoms with E-state index in [1.165, 1.54) is 12.1 Å². The molecular weight excluding hydrogens is 363 g/mol. The van der Waals surface area contributed by atoms with Gasteiger partial charge in [-0.15, -0.1) is 5.10 Å². The van der Waals surface area contributed by atoms with Crippen molar-refractivity contribution in [2.24, 2.45) is 0 Å². The molecule has 8 heteroatoms. The maximum Gasteiger partial charge on any atom is 0.292 e. The number of ether oxygens (including phenoxy) is 2. The maximum absolute atomic E-state index is 13.8. The molecule has 1 aromatic carbocycles. The summed E-state index contributed by atoms with van der Waals surface area (Å²) in [5.74, 6) is -2.05. The number of nitrogens with zero attached hydrogens (tertiary/aromatic N) is 4. The highest BCUT2D eigenvalue weighted by Crippen LogP contribution is 2.45. The average molecular weight is 382 g/mol. The lowest BCUT2D eigenvalue weighted by Gasteiger charge is -2.22. The lowest BCUT2D eigenvalue weighted by molar-refractivity contribution is -0.180. The minimum atomic E-state index is -1.50. The maximum atomic E-state index is 13.8. The second kappa shape index (κ2) is 6.65. The molecule has 3 heterocycles. The number of halogens is 1. The normalized spacial score (nSPS) is 20.0. The number of hydrogen-bond acceptors (Lipinski definition) is 5. The van der Waals surface area contributed by atoms with Crippen LogP contribution in [-0.2, 0) is 26.6 Å². The summed E-state index contributed by atoms with van der Waals surface area (Å²) in [5, 5.41) is 8.38. The molecule has 1 spiro atoms. The molecule has 7 nitrogen and oxygen atoms in total. The van der Waals surface area contributed by atoms with E-state index in [9.17, 15) is 9.18 Å². The molecule has 2 aliphatic heterocycles. The zero-order chi connectivity index (χ0) is 19.1. The molecule has 1 aliphatic carbocycles. The summed E-state index contributed by atoms with van der Waals surface area (Å²) in [7, 11) is 0. The van der Waals surface area contributed by atoms with E-state index in [2.05, 4.69) is 22.5 Å². The summed E-state index contributed by atoms with van der Waals surface area (Å²) < 4.78 is 26.8. The Morgan fingerprint density at radius 1 is 1.18 bits per heavy atom. The zero-order valence-corrected chi connectivity index (χ0v) is 15.1. The Morgan fingerprint density at radius 3 is 2.75 bits per heavy atom. The van der Waals surface area contributed by atoms with Gasteiger partial charge >= 0.3 is 0 Å². The van der Waals surface area contributed by atoms with E-state index in [-0.39, 0.29) is 11.8 Å². The van der Waals surface area contributed by atoms with Gasteiger partial charge in [-0.1, -0.05) is 29.5 Å². The lowest BCUT2D eigenvalue weighted by Crippen LogP contribution is -2.41. The molecule has 2 aromatic rings. The van der Waals surface area contributed by atoms with Gasteiger partial charge in [-0.3, -0.25) is 9.48 Å². The summed E-state index contributed by atoms with van der Waals surface area (Å²) in [5.41, 5.74) is 1.97. The number of aryl methyl sites for hydroxylation is 1. The van der Waals surface area contributed by atoms with E-state index in [0.717, 1.165) is 5.69 Å². The van der Waals surface area contributed by atoms with Crippen LogP contribution >= 0.6 is 0 Å². The lowest BCUT2D eigenvalue weighted by atomic mass is 10.1. The number of amides is 1. The van der Waals surface area contributed by atoms with Gasteiger partial charge in [-0.25, -0.2) is 4.39 Å². The van der Waals surface area contributed by atoms with Crippen LogP contribution in [0.15, 0.2) is 48.7 Å². The molecule has 1 amide bonds. The Balaban J connectivity index is 1.30. The second-order valence-corrected chi connectivity index (χ2v) is 6.99. The fourth-order valence-electron chi connectivity index (χ4n) is 3.92. The fraction of sp³-hybridized carbons (Fsp3) is 0.350. The molecule has 5 rings (SSSR count). The number of hydrogen-bond donors (Lipinski definition) is 0. The van der Waals surface area contributed by atoms with Crippen LogP contribution in [0.25, 0.3) is 0 Å². The minimum Gasteiger partial charge on any atom is -0.336 e. The van der Waals surface area contributed by atoms with Gasteiger partial charge in [-0.05, 0) is 24.6 Å². The monoisotopic (exact) mass is 382 g/mol. The molecule has 144 valence electrons. The average Bonchev–Trinajstić information content (AvgIpc) is 3.48. The van der Waals surface area contributed by atoms with Crippen LogP contribution < -0.4 is 4.90 Å². The highest BCUT2D eigenvalue weighted by atomic mass is 19.1. The fourth-order valence-corrected chi connectivity index (χ4v) is 3.92. The smallest absolute Gasteiger partial charge is 0.292 e. The third-order valence-electron chi connectivity index (χ3n) is 5.24. The molecule has 0 radical (unpaired) electrons. The number of aromatic nitrogens is 3. The number of rotatable bonds is 5. The van der Waals surface area contributed by atoms with Gasteiger partial charge in [0.15, 0.2) is 0 Å². The SMILES string of the molecule is O=C1N(CCCn2cc(C3C=CC=C3)nn2)c2ccc(F)cc2C12OCCO2. The molecule has 0 bridgehead atoms.